The van der Waals surface area contributed by atoms with Crippen LogP contribution in [0.15, 0.2) is 6.20 Å². The fraction of sp³-hybridized carbons (Fsp3) is 0.917. The van der Waals surface area contributed by atoms with Crippen LogP contribution >= 0.6 is 15.9 Å². The van der Waals surface area contributed by atoms with E-state index in [1.807, 2.05) is 0 Å². The van der Waals surface area contributed by atoms with Gasteiger partial charge in [-0.05, 0) is 0 Å². The molecule has 20 N–H and O–H groups in total. The maximum absolute atomic E-state index is 11.9. The third kappa shape index (κ3) is 13.9. The Bertz CT molecular complexity index is 2340. The van der Waals surface area contributed by atoms with Crippen molar-refractivity contribution in [1.82, 2.24) is 15.0 Å². The lowest BCUT2D eigenvalue weighted by Gasteiger charge is -2.50. The quantitative estimate of drug-likeness (QED) is 0.0806. The first-order chi connectivity index (χ1) is 41.1. The second kappa shape index (κ2) is 29.6. The Morgan fingerprint density at radius 1 is 0.326 bits per heavy atom. The summed E-state index contributed by atoms with van der Waals surface area (Å²) in [4.78, 5) is 0. The van der Waals surface area contributed by atoms with Crippen molar-refractivity contribution in [2.24, 2.45) is 0 Å². The van der Waals surface area contributed by atoms with Crippen molar-refractivity contribution < 1.29 is 168 Å². The molecule has 0 unspecified atom stereocenters. The molecule has 21 aliphatic rings. The Morgan fingerprint density at radius 2 is 0.547 bits per heavy atom. The molecule has 492 valence electrons. The lowest BCUT2D eigenvalue weighted by molar-refractivity contribution is -0.396. The largest absolute Gasteiger partial charge is 0.394 e. The van der Waals surface area contributed by atoms with Crippen LogP contribution < -0.4 is 0 Å². The molecule has 0 saturated carbocycles. The summed E-state index contributed by atoms with van der Waals surface area (Å²) in [5.41, 5.74) is 0.351. The van der Waals surface area contributed by atoms with E-state index in [0.717, 1.165) is 0 Å². The lowest BCUT2D eigenvalue weighted by Crippen LogP contribution is -2.68. The van der Waals surface area contributed by atoms with Gasteiger partial charge in [-0.15, -0.1) is 5.10 Å². The first-order valence-electron chi connectivity index (χ1n) is 27.4. The van der Waals surface area contributed by atoms with Crippen molar-refractivity contribution in [2.75, 3.05) is 45.0 Å². The number of aliphatic hydroxyl groups excluding tert-OH is 20. The summed E-state index contributed by atoms with van der Waals surface area (Å²) < 4.78 is 82.6. The molecular weight excluding hydrogens is 1240 g/mol. The van der Waals surface area contributed by atoms with Crippen LogP contribution in [0.2, 0.25) is 0 Å². The molecule has 22 heterocycles. The van der Waals surface area contributed by atoms with Gasteiger partial charge in [0.25, 0.3) is 0 Å². The molecule has 14 bridgehead atoms. The van der Waals surface area contributed by atoms with Gasteiger partial charge in [0.1, 0.15) is 171 Å². The van der Waals surface area contributed by atoms with Crippen molar-refractivity contribution in [3.63, 3.8) is 0 Å². The highest BCUT2D eigenvalue weighted by Crippen LogP contribution is 2.39. The van der Waals surface area contributed by atoms with Gasteiger partial charge in [0.15, 0.2) is 44.0 Å². The zero-order chi connectivity index (χ0) is 62.2. The SMILES string of the molecule is OC[C@H]1O[C@@H]2O[C@H]3[C@H](O)[C@@H](O)[C@@H](O[C@H]4[C@H](O)[C@@H](O)[C@@H](O[C@H]5[C@H](O)[C@@H](O)[C@@H](O[C@H]6[C@H](O)[C@@H](O)[C@@H](O[C@H]7[C@H](O)[C@@H](O)[C@@H](O[C@H]8[C@H](O)[C@@H](O)[C@@H](O[C@H]1[C@H](O)[C@H]2O)O[C@@H]8CO)O[C@@H]7CO)O[C@@H]6CO)O[C@@H]5Cn1cc(CC#CCBr)nn1)O[C@@H]4CO)O[C@@H]3CO. The van der Waals surface area contributed by atoms with Gasteiger partial charge in [0, 0.05) is 6.20 Å². The first kappa shape index (κ1) is 68.2. The number of rotatable bonds is 9. The number of hydrogen-bond donors (Lipinski definition) is 20. The van der Waals surface area contributed by atoms with E-state index in [4.69, 9.17) is 66.3 Å². The van der Waals surface area contributed by atoms with E-state index in [1.54, 1.807) is 0 Å². The number of halogens is 1. The summed E-state index contributed by atoms with van der Waals surface area (Å²) in [6.45, 7) is -6.73. The Hall–Kier alpha value is -2.18. The predicted molar refractivity (Wildman–Crippen MR) is 267 cm³/mol. The van der Waals surface area contributed by atoms with E-state index in [2.05, 4.69) is 38.1 Å². The maximum atomic E-state index is 11.9. The number of hydrogen-bond acceptors (Lipinski definition) is 36. The minimum Gasteiger partial charge on any atom is -0.394 e. The summed E-state index contributed by atoms with van der Waals surface area (Å²) in [7, 11) is 0. The van der Waals surface area contributed by atoms with E-state index in [9.17, 15) is 102 Å². The first-order valence-corrected chi connectivity index (χ1v) is 28.5. The number of aromatic nitrogens is 3. The molecule has 21 aliphatic heterocycles. The lowest BCUT2D eigenvalue weighted by atomic mass is 9.95. The molecule has 1 aromatic rings. The second-order valence-electron chi connectivity index (χ2n) is 21.6. The molecule has 35 atom stereocenters. The predicted octanol–water partition coefficient (Wildman–Crippen LogP) is -14.0. The Balaban J connectivity index is 1.02. The fourth-order valence-electron chi connectivity index (χ4n) is 11.3. The van der Waals surface area contributed by atoms with E-state index in [1.165, 1.54) is 10.9 Å². The smallest absolute Gasteiger partial charge is 0.187 e. The highest BCUT2D eigenvalue weighted by molar-refractivity contribution is 9.09. The van der Waals surface area contributed by atoms with E-state index >= 15 is 0 Å². The van der Waals surface area contributed by atoms with Gasteiger partial charge in [-0.1, -0.05) is 33.0 Å². The number of ether oxygens (including phenoxy) is 14. The van der Waals surface area contributed by atoms with Gasteiger partial charge in [-0.25, -0.2) is 4.68 Å². The highest BCUT2D eigenvalue weighted by Gasteiger charge is 2.59. The molecule has 0 radical (unpaired) electrons. The van der Waals surface area contributed by atoms with Crippen LogP contribution in [0.4, 0.5) is 0 Å². The Kier molecular flexibility index (Phi) is 23.5. The minimum absolute atomic E-state index is 0.122. The molecule has 0 aliphatic carbocycles. The zero-order valence-electron chi connectivity index (χ0n) is 45.0. The fourth-order valence-corrected chi connectivity index (χ4v) is 11.5. The molecule has 22 rings (SSSR count). The van der Waals surface area contributed by atoms with Crippen molar-refractivity contribution in [3.05, 3.63) is 11.9 Å². The average Bonchev–Trinajstić information content (AvgIpc) is 1.26. The molecule has 21 fully saturated rings. The maximum Gasteiger partial charge on any atom is 0.187 e. The third-order valence-electron chi connectivity index (χ3n) is 16.0. The molecule has 38 heteroatoms. The third-order valence-corrected chi connectivity index (χ3v) is 16.3. The van der Waals surface area contributed by atoms with E-state index in [0.29, 0.717) is 11.0 Å². The summed E-state index contributed by atoms with van der Waals surface area (Å²) >= 11 is 3.20. The van der Waals surface area contributed by atoms with Gasteiger partial charge in [-0.3, -0.25) is 0 Å². The summed E-state index contributed by atoms with van der Waals surface area (Å²) in [6.07, 6.45) is -68.7. The topological polar surface area (TPSA) is 565 Å². The van der Waals surface area contributed by atoms with Crippen LogP contribution in [-0.4, -0.2) is 377 Å². The van der Waals surface area contributed by atoms with Gasteiger partial charge in [0.05, 0.1) is 63.6 Å². The molecule has 1 aromatic heterocycles. The normalized spacial score (nSPS) is 50.6. The van der Waals surface area contributed by atoms with Crippen molar-refractivity contribution >= 4 is 15.9 Å². The van der Waals surface area contributed by atoms with E-state index < -0.39 is 261 Å². The van der Waals surface area contributed by atoms with Crippen molar-refractivity contribution in [3.8, 4) is 11.8 Å². The molecule has 21 saturated heterocycles. The standard InChI is InChI=1S/C48H74BrN3O34/c49-4-2-1-3-13-5-52(51-50-13)6-14-35-21(59)28(66)42(73-14)81-36-15(7-53)75-44(30(68)23(36)61)83-38-17(9-55)77-46(32(70)25(38)63)85-40-19(11-57)79-48(34(72)27(40)65)86-41-20(12-58)78-47(33(71)26(41)64)84-39-18(10-56)76-45(31(69)24(39)62)82-37-16(8-54)74-43(80-35)29(67)22(37)60/h5,14-48,53-72H,3-4,6-12H2/t14-,15-,16-,17-,18-,19-,20-,21-,22-,23-,24-,25-,26-,27-,28-,29-,30-,31-,32-,33-,34-,35-,36-,37-,38-,39-,40-,41-,42-,43-,44-,45-,46-,47-,48-/m1/s1. The second-order valence-corrected chi connectivity index (χ2v) is 22.1. The van der Waals surface area contributed by atoms with Gasteiger partial charge in [0.2, 0.25) is 0 Å². The average molecular weight is 1320 g/mol. The molecular formula is C48H74BrN3O34. The van der Waals surface area contributed by atoms with Crippen LogP contribution in [0.5, 0.6) is 0 Å². The molecule has 0 amide bonds. The van der Waals surface area contributed by atoms with Crippen LogP contribution in [0, 0.1) is 11.8 Å². The molecule has 0 spiro atoms. The zero-order valence-corrected chi connectivity index (χ0v) is 46.6. The van der Waals surface area contributed by atoms with Crippen LogP contribution in [0.3, 0.4) is 0 Å². The van der Waals surface area contributed by atoms with Gasteiger partial charge >= 0.3 is 0 Å². The summed E-state index contributed by atoms with van der Waals surface area (Å²) in [5, 5.41) is 232. The molecule has 0 aromatic carbocycles. The number of aliphatic hydroxyl groups is 20. The number of nitrogens with zero attached hydrogens (tertiary/aromatic N) is 3. The minimum atomic E-state index is -2.22. The monoisotopic (exact) mass is 1320 g/mol. The van der Waals surface area contributed by atoms with Crippen molar-refractivity contribution in [1.29, 1.82) is 0 Å². The van der Waals surface area contributed by atoms with Gasteiger partial charge < -0.3 is 168 Å². The highest BCUT2D eigenvalue weighted by atomic mass is 79.9. The Labute approximate surface area is 494 Å². The molecule has 37 nitrogen and oxygen atoms in total. The van der Waals surface area contributed by atoms with Crippen molar-refractivity contribution in [2.45, 2.75) is 228 Å². The van der Waals surface area contributed by atoms with Gasteiger partial charge in [-0.2, -0.15) is 0 Å². The molecule has 86 heavy (non-hydrogen) atoms. The summed E-state index contributed by atoms with van der Waals surface area (Å²) in [6, 6.07) is 0. The van der Waals surface area contributed by atoms with Crippen LogP contribution in [-0.2, 0) is 79.3 Å². The van der Waals surface area contributed by atoms with E-state index in [-0.39, 0.29) is 6.42 Å². The van der Waals surface area contributed by atoms with Crippen LogP contribution in [0.1, 0.15) is 5.69 Å². The summed E-state index contributed by atoms with van der Waals surface area (Å²) in [5.74, 6) is 5.66. The number of alkyl halides is 1. The Morgan fingerprint density at radius 3 is 0.767 bits per heavy atom. The van der Waals surface area contributed by atoms with Crippen LogP contribution in [0.25, 0.3) is 0 Å².